The van der Waals surface area contributed by atoms with Gasteiger partial charge in [-0.2, -0.15) is 4.68 Å². The lowest BCUT2D eigenvalue weighted by Gasteiger charge is -2.07. The molecule has 0 saturated heterocycles. The summed E-state index contributed by atoms with van der Waals surface area (Å²) in [6.07, 6.45) is 0.731. The van der Waals surface area contributed by atoms with Crippen molar-refractivity contribution >= 4 is 11.8 Å². The number of hydrogen-bond acceptors (Lipinski definition) is 5. The topological polar surface area (TPSA) is 83.0 Å². The number of aryl methyl sites for hydroxylation is 1. The van der Waals surface area contributed by atoms with Gasteiger partial charge < -0.3 is 10.5 Å². The summed E-state index contributed by atoms with van der Waals surface area (Å²) in [5.74, 6) is -0.381. The third-order valence-electron chi connectivity index (χ3n) is 2.83. The van der Waals surface area contributed by atoms with Gasteiger partial charge in [-0.1, -0.05) is 24.3 Å². The highest BCUT2D eigenvalue weighted by Crippen LogP contribution is 2.17. The molecule has 0 bridgehead atoms. The molecule has 0 aliphatic heterocycles. The van der Waals surface area contributed by atoms with Crippen LogP contribution in [0.15, 0.2) is 24.3 Å². The second-order valence-electron chi connectivity index (χ2n) is 4.71. The molecule has 2 rings (SSSR count). The molecule has 0 saturated carbocycles. The van der Waals surface area contributed by atoms with Gasteiger partial charge in [-0.05, 0) is 38.0 Å². The van der Waals surface area contributed by atoms with Gasteiger partial charge in [0.15, 0.2) is 5.82 Å². The normalized spacial score (nSPS) is 10.8. The van der Waals surface area contributed by atoms with Crippen molar-refractivity contribution in [3.05, 3.63) is 35.5 Å². The molecule has 0 radical (unpaired) electrons. The number of nitrogen functional groups attached to an aromatic ring is 1. The maximum absolute atomic E-state index is 11.8. The summed E-state index contributed by atoms with van der Waals surface area (Å²) in [6, 6.07) is 7.76. The molecule has 0 amide bonds. The fourth-order valence-electron chi connectivity index (χ4n) is 1.77. The van der Waals surface area contributed by atoms with Crippen LogP contribution in [0.3, 0.4) is 0 Å². The Morgan fingerprint density at radius 1 is 1.35 bits per heavy atom. The van der Waals surface area contributed by atoms with Crippen LogP contribution in [-0.2, 0) is 11.2 Å². The molecular weight excluding hydrogens is 256 g/mol. The third kappa shape index (κ3) is 2.79. The van der Waals surface area contributed by atoms with Gasteiger partial charge in [-0.3, -0.25) is 0 Å². The number of carbonyl (C=O) groups is 1. The number of nitrogens with zero attached hydrogens (tertiary/aromatic N) is 3. The number of hydrogen-bond donors (Lipinski definition) is 1. The molecule has 0 atom stereocenters. The van der Waals surface area contributed by atoms with Crippen molar-refractivity contribution in [3.8, 4) is 5.69 Å². The predicted molar refractivity (Wildman–Crippen MR) is 75.7 cm³/mol. The Bertz CT molecular complexity index is 602. The van der Waals surface area contributed by atoms with Crippen LogP contribution in [-0.4, -0.2) is 27.1 Å². The molecule has 1 aromatic carbocycles. The summed E-state index contributed by atoms with van der Waals surface area (Å²) in [4.78, 5) is 11.8. The molecule has 106 valence electrons. The van der Waals surface area contributed by atoms with Crippen molar-refractivity contribution in [2.45, 2.75) is 33.3 Å². The molecule has 0 spiro atoms. The predicted octanol–water partition coefficient (Wildman–Crippen LogP) is 1.98. The van der Waals surface area contributed by atoms with E-state index in [1.807, 2.05) is 24.3 Å². The molecule has 6 nitrogen and oxygen atoms in total. The molecule has 0 aliphatic carbocycles. The number of esters is 1. The number of nitrogens with two attached hydrogens (primary N) is 1. The molecule has 0 unspecified atom stereocenters. The Morgan fingerprint density at radius 3 is 2.55 bits per heavy atom. The second-order valence-corrected chi connectivity index (χ2v) is 4.71. The molecule has 0 fully saturated rings. The Balaban J connectivity index is 2.30. The molecule has 1 aromatic heterocycles. The summed E-state index contributed by atoms with van der Waals surface area (Å²) < 4.78 is 6.49. The number of rotatable bonds is 4. The van der Waals surface area contributed by atoms with E-state index in [1.54, 1.807) is 13.8 Å². The lowest BCUT2D eigenvalue weighted by Crippen LogP contribution is -2.14. The maximum atomic E-state index is 11.8. The van der Waals surface area contributed by atoms with Crippen LogP contribution >= 0.6 is 0 Å². The van der Waals surface area contributed by atoms with Crippen molar-refractivity contribution in [2.24, 2.45) is 0 Å². The lowest BCUT2D eigenvalue weighted by molar-refractivity contribution is 0.0372. The Morgan fingerprint density at radius 2 is 2.00 bits per heavy atom. The van der Waals surface area contributed by atoms with Gasteiger partial charge in [0.2, 0.25) is 5.69 Å². The minimum absolute atomic E-state index is 0.0401. The second kappa shape index (κ2) is 5.73. The number of benzene rings is 1. The van der Waals surface area contributed by atoms with E-state index in [1.165, 1.54) is 10.2 Å². The number of carbonyl (C=O) groups excluding carboxylic acids is 1. The largest absolute Gasteiger partial charge is 0.458 e. The molecule has 0 aliphatic rings. The highest BCUT2D eigenvalue weighted by atomic mass is 16.5. The van der Waals surface area contributed by atoms with Gasteiger partial charge in [0.25, 0.3) is 0 Å². The Kier molecular flexibility index (Phi) is 4.02. The fraction of sp³-hybridized carbons (Fsp3) is 0.357. The van der Waals surface area contributed by atoms with Crippen LogP contribution in [0.4, 0.5) is 5.82 Å². The highest BCUT2D eigenvalue weighted by Gasteiger charge is 2.20. The zero-order valence-corrected chi connectivity index (χ0v) is 11.8. The third-order valence-corrected chi connectivity index (χ3v) is 2.83. The quantitative estimate of drug-likeness (QED) is 0.862. The maximum Gasteiger partial charge on any atom is 0.363 e. The van der Waals surface area contributed by atoms with Crippen LogP contribution in [0.5, 0.6) is 0 Å². The first kappa shape index (κ1) is 14.0. The van der Waals surface area contributed by atoms with Crippen LogP contribution in [0.25, 0.3) is 5.69 Å². The van der Waals surface area contributed by atoms with Gasteiger partial charge in [-0.25, -0.2) is 4.79 Å². The molecular formula is C14H18N4O2. The van der Waals surface area contributed by atoms with Gasteiger partial charge in [0, 0.05) is 0 Å². The molecule has 1 heterocycles. The molecule has 2 N–H and O–H groups in total. The van der Waals surface area contributed by atoms with E-state index in [9.17, 15) is 4.79 Å². The van der Waals surface area contributed by atoms with E-state index in [4.69, 9.17) is 10.5 Å². The zero-order chi connectivity index (χ0) is 14.7. The standard InChI is InChI=1S/C14H18N4O2/c1-4-10-5-7-11(8-6-10)18-13(15)12(16-17-18)14(19)20-9(2)3/h5-9H,4,15H2,1-3H3. The SMILES string of the molecule is CCc1ccc(-n2nnc(C(=O)OC(C)C)c2N)cc1. The van der Waals surface area contributed by atoms with E-state index in [0.717, 1.165) is 12.1 Å². The van der Waals surface area contributed by atoms with Crippen molar-refractivity contribution in [1.29, 1.82) is 0 Å². The van der Waals surface area contributed by atoms with E-state index in [-0.39, 0.29) is 17.6 Å². The molecule has 20 heavy (non-hydrogen) atoms. The summed E-state index contributed by atoms with van der Waals surface area (Å²) in [7, 11) is 0. The van der Waals surface area contributed by atoms with Crippen LogP contribution < -0.4 is 5.73 Å². The first-order chi connectivity index (χ1) is 9.52. The fourth-order valence-corrected chi connectivity index (χ4v) is 1.77. The summed E-state index contributed by atoms with van der Waals surface area (Å²) in [6.45, 7) is 5.61. The van der Waals surface area contributed by atoms with Gasteiger partial charge in [-0.15, -0.1) is 5.10 Å². The smallest absolute Gasteiger partial charge is 0.363 e. The average molecular weight is 274 g/mol. The summed E-state index contributed by atoms with van der Waals surface area (Å²) >= 11 is 0. The number of aromatic nitrogens is 3. The van der Waals surface area contributed by atoms with Crippen molar-refractivity contribution in [2.75, 3.05) is 5.73 Å². The first-order valence-electron chi connectivity index (χ1n) is 6.54. The molecule has 2 aromatic rings. The van der Waals surface area contributed by atoms with Crippen LogP contribution in [0.2, 0.25) is 0 Å². The summed E-state index contributed by atoms with van der Waals surface area (Å²) in [5, 5.41) is 7.71. The van der Waals surface area contributed by atoms with E-state index in [2.05, 4.69) is 17.2 Å². The summed E-state index contributed by atoms with van der Waals surface area (Å²) in [5.41, 5.74) is 7.93. The van der Waals surface area contributed by atoms with E-state index < -0.39 is 5.97 Å². The minimum atomic E-state index is -0.561. The number of anilines is 1. The first-order valence-corrected chi connectivity index (χ1v) is 6.54. The van der Waals surface area contributed by atoms with Crippen molar-refractivity contribution in [3.63, 3.8) is 0 Å². The average Bonchev–Trinajstić information content (AvgIpc) is 2.80. The lowest BCUT2D eigenvalue weighted by atomic mass is 10.1. The van der Waals surface area contributed by atoms with E-state index in [0.29, 0.717) is 0 Å². The Hall–Kier alpha value is -2.37. The monoisotopic (exact) mass is 274 g/mol. The van der Waals surface area contributed by atoms with Crippen molar-refractivity contribution in [1.82, 2.24) is 15.0 Å². The van der Waals surface area contributed by atoms with Gasteiger partial charge in [0.1, 0.15) is 0 Å². The van der Waals surface area contributed by atoms with Gasteiger partial charge >= 0.3 is 5.97 Å². The zero-order valence-electron chi connectivity index (χ0n) is 11.8. The number of ether oxygens (including phenoxy) is 1. The van der Waals surface area contributed by atoms with Crippen LogP contribution in [0, 0.1) is 0 Å². The highest BCUT2D eigenvalue weighted by molar-refractivity contribution is 5.92. The van der Waals surface area contributed by atoms with Crippen molar-refractivity contribution < 1.29 is 9.53 Å². The molecule has 6 heteroatoms. The Labute approximate surface area is 117 Å². The van der Waals surface area contributed by atoms with Crippen LogP contribution in [0.1, 0.15) is 36.8 Å². The minimum Gasteiger partial charge on any atom is -0.458 e. The van der Waals surface area contributed by atoms with E-state index >= 15 is 0 Å². The van der Waals surface area contributed by atoms with Gasteiger partial charge in [0.05, 0.1) is 11.8 Å².